The van der Waals surface area contributed by atoms with Crippen LogP contribution in [0.15, 0.2) is 24.5 Å². The number of methoxy groups -OCH3 is 1. The fourth-order valence-electron chi connectivity index (χ4n) is 1.84. The molecule has 0 aliphatic carbocycles. The quantitative estimate of drug-likeness (QED) is 0.627. The van der Waals surface area contributed by atoms with Gasteiger partial charge in [-0.15, -0.1) is 0 Å². The van der Waals surface area contributed by atoms with Crippen LogP contribution in [-0.2, 0) is 26.1 Å². The summed E-state index contributed by atoms with van der Waals surface area (Å²) in [7, 11) is -1.75. The maximum absolute atomic E-state index is 11.8. The molecular weight excluding hydrogens is 306 g/mol. The number of carbonyl (C=O) groups is 1. The van der Waals surface area contributed by atoms with E-state index in [1.54, 1.807) is 19.5 Å². The first-order valence-electron chi connectivity index (χ1n) is 7.03. The summed E-state index contributed by atoms with van der Waals surface area (Å²) >= 11 is 0. The summed E-state index contributed by atoms with van der Waals surface area (Å²) in [5.41, 5.74) is 0.948. The third kappa shape index (κ3) is 7.48. The molecule has 8 heteroatoms. The van der Waals surface area contributed by atoms with E-state index >= 15 is 0 Å². The van der Waals surface area contributed by atoms with Crippen LogP contribution >= 0.6 is 0 Å². The second-order valence-corrected chi connectivity index (χ2v) is 6.87. The summed E-state index contributed by atoms with van der Waals surface area (Å²) in [6, 6.07) is 3.63. The first-order valence-corrected chi connectivity index (χ1v) is 8.88. The van der Waals surface area contributed by atoms with Crippen LogP contribution in [0.4, 0.5) is 0 Å². The summed E-state index contributed by atoms with van der Waals surface area (Å²) in [6.45, 7) is 1.42. The van der Waals surface area contributed by atoms with Gasteiger partial charge in [0, 0.05) is 52.2 Å². The van der Waals surface area contributed by atoms with Crippen molar-refractivity contribution in [2.75, 3.05) is 33.1 Å². The molecule has 0 aromatic carbocycles. The smallest absolute Gasteiger partial charge is 0.221 e. The van der Waals surface area contributed by atoms with Crippen molar-refractivity contribution in [3.63, 3.8) is 0 Å². The lowest BCUT2D eigenvalue weighted by Gasteiger charge is -2.19. The molecule has 1 amide bonds. The molecule has 1 heterocycles. The van der Waals surface area contributed by atoms with Crippen LogP contribution in [0.3, 0.4) is 0 Å². The van der Waals surface area contributed by atoms with E-state index in [0.29, 0.717) is 26.1 Å². The molecule has 0 unspecified atom stereocenters. The second kappa shape index (κ2) is 9.50. The van der Waals surface area contributed by atoms with Gasteiger partial charge in [-0.1, -0.05) is 0 Å². The van der Waals surface area contributed by atoms with Crippen molar-refractivity contribution in [2.45, 2.75) is 19.4 Å². The van der Waals surface area contributed by atoms with Crippen LogP contribution in [0.25, 0.3) is 0 Å². The third-order valence-electron chi connectivity index (χ3n) is 3.05. The first kappa shape index (κ1) is 18.5. The van der Waals surface area contributed by atoms with Gasteiger partial charge in [0.05, 0.1) is 6.26 Å². The maximum Gasteiger partial charge on any atom is 0.221 e. The zero-order valence-electron chi connectivity index (χ0n) is 13.0. The highest BCUT2D eigenvalue weighted by Crippen LogP contribution is 2.02. The zero-order chi connectivity index (χ0) is 16.4. The number of carbonyl (C=O) groups excluding carboxylic acids is 1. The molecule has 0 saturated carbocycles. The fraction of sp³-hybridized carbons (Fsp3) is 0.571. The van der Waals surface area contributed by atoms with Gasteiger partial charge in [-0.2, -0.15) is 0 Å². The van der Waals surface area contributed by atoms with Gasteiger partial charge in [-0.05, 0) is 24.1 Å². The Hall–Kier alpha value is -1.51. The number of hydrogen-bond acceptors (Lipinski definition) is 5. The largest absolute Gasteiger partial charge is 0.385 e. The summed E-state index contributed by atoms with van der Waals surface area (Å²) in [6.07, 6.45) is 5.19. The Morgan fingerprint density at radius 2 is 2.00 bits per heavy atom. The molecular formula is C14H23N3O4S. The highest BCUT2D eigenvalue weighted by Gasteiger charge is 2.17. The van der Waals surface area contributed by atoms with Crippen molar-refractivity contribution in [1.29, 1.82) is 0 Å². The van der Waals surface area contributed by atoms with Gasteiger partial charge >= 0.3 is 0 Å². The maximum atomic E-state index is 11.8. The molecule has 0 atom stereocenters. The molecule has 0 radical (unpaired) electrons. The highest BCUT2D eigenvalue weighted by atomic mass is 32.2. The molecule has 0 aliphatic rings. The second-order valence-electron chi connectivity index (χ2n) is 4.89. The molecule has 7 nitrogen and oxygen atoms in total. The van der Waals surface area contributed by atoms with E-state index in [4.69, 9.17) is 4.74 Å². The topological polar surface area (TPSA) is 88.6 Å². The monoisotopic (exact) mass is 329 g/mol. The molecule has 1 aromatic heterocycles. The van der Waals surface area contributed by atoms with Crippen LogP contribution in [0.5, 0.6) is 0 Å². The number of nitrogens with one attached hydrogen (secondary N) is 1. The molecule has 0 fully saturated rings. The lowest BCUT2D eigenvalue weighted by atomic mass is 10.2. The van der Waals surface area contributed by atoms with E-state index < -0.39 is 10.0 Å². The minimum absolute atomic E-state index is 0.130. The Kier molecular flexibility index (Phi) is 8.00. The van der Waals surface area contributed by atoms with Gasteiger partial charge < -0.3 is 10.1 Å². The van der Waals surface area contributed by atoms with Crippen molar-refractivity contribution < 1.29 is 17.9 Å². The van der Waals surface area contributed by atoms with Gasteiger partial charge in [0.15, 0.2) is 0 Å². The van der Waals surface area contributed by atoms with E-state index in [9.17, 15) is 13.2 Å². The van der Waals surface area contributed by atoms with E-state index in [-0.39, 0.29) is 18.9 Å². The SMILES string of the molecule is COCCCN(CCC(=O)NCc1ccncc1)S(C)(=O)=O. The number of aromatic nitrogens is 1. The Labute approximate surface area is 131 Å². The number of amides is 1. The number of nitrogens with zero attached hydrogens (tertiary/aromatic N) is 2. The molecule has 1 N–H and O–H groups in total. The van der Waals surface area contributed by atoms with Gasteiger partial charge in [0.1, 0.15) is 0 Å². The standard InChI is InChI=1S/C14H23N3O4S/c1-21-11-3-9-17(22(2,19)20)10-6-14(18)16-12-13-4-7-15-8-5-13/h4-5,7-8H,3,6,9-12H2,1-2H3,(H,16,18). The minimum atomic E-state index is -3.32. The van der Waals surface area contributed by atoms with Gasteiger partial charge in [-0.3, -0.25) is 9.78 Å². The lowest BCUT2D eigenvalue weighted by molar-refractivity contribution is -0.121. The summed E-state index contributed by atoms with van der Waals surface area (Å²) in [4.78, 5) is 15.7. The molecule has 1 aromatic rings. The average Bonchev–Trinajstić information content (AvgIpc) is 2.48. The predicted molar refractivity (Wildman–Crippen MR) is 83.6 cm³/mol. The van der Waals surface area contributed by atoms with Crippen molar-refractivity contribution in [1.82, 2.24) is 14.6 Å². The Bertz CT molecular complexity index is 548. The number of hydrogen-bond donors (Lipinski definition) is 1. The van der Waals surface area contributed by atoms with Crippen LogP contribution in [0.1, 0.15) is 18.4 Å². The first-order chi connectivity index (χ1) is 10.4. The molecule has 124 valence electrons. The van der Waals surface area contributed by atoms with E-state index in [2.05, 4.69) is 10.3 Å². The van der Waals surface area contributed by atoms with E-state index in [1.807, 2.05) is 12.1 Å². The molecule has 0 spiro atoms. The fourth-order valence-corrected chi connectivity index (χ4v) is 2.73. The van der Waals surface area contributed by atoms with Gasteiger partial charge in [0.25, 0.3) is 0 Å². The summed E-state index contributed by atoms with van der Waals surface area (Å²) in [5, 5.41) is 2.76. The van der Waals surface area contributed by atoms with Crippen LogP contribution < -0.4 is 5.32 Å². The molecule has 0 saturated heterocycles. The van der Waals surface area contributed by atoms with Crippen LogP contribution in [-0.4, -0.2) is 56.7 Å². The predicted octanol–water partition coefficient (Wildman–Crippen LogP) is 0.386. The van der Waals surface area contributed by atoms with Crippen molar-refractivity contribution in [2.24, 2.45) is 0 Å². The van der Waals surface area contributed by atoms with Gasteiger partial charge in [-0.25, -0.2) is 12.7 Å². The summed E-state index contributed by atoms with van der Waals surface area (Å²) < 4.78 is 29.5. The van der Waals surface area contributed by atoms with Crippen LogP contribution in [0.2, 0.25) is 0 Å². The third-order valence-corrected chi connectivity index (χ3v) is 4.36. The van der Waals surface area contributed by atoms with Crippen molar-refractivity contribution in [3.8, 4) is 0 Å². The molecule has 22 heavy (non-hydrogen) atoms. The van der Waals surface area contributed by atoms with E-state index in [1.165, 1.54) is 4.31 Å². The molecule has 0 aliphatic heterocycles. The zero-order valence-corrected chi connectivity index (χ0v) is 13.8. The number of rotatable bonds is 10. The normalized spacial score (nSPS) is 11.6. The van der Waals surface area contributed by atoms with Gasteiger partial charge in [0.2, 0.25) is 15.9 Å². The summed E-state index contributed by atoms with van der Waals surface area (Å²) in [5.74, 6) is -0.183. The number of ether oxygens (including phenoxy) is 1. The van der Waals surface area contributed by atoms with Crippen molar-refractivity contribution >= 4 is 15.9 Å². The van der Waals surface area contributed by atoms with Crippen molar-refractivity contribution in [3.05, 3.63) is 30.1 Å². The number of pyridine rings is 1. The Balaban J connectivity index is 2.38. The Morgan fingerprint density at radius 3 is 2.59 bits per heavy atom. The minimum Gasteiger partial charge on any atom is -0.385 e. The molecule has 0 bridgehead atoms. The lowest BCUT2D eigenvalue weighted by Crippen LogP contribution is -2.35. The Morgan fingerprint density at radius 1 is 1.32 bits per heavy atom. The van der Waals surface area contributed by atoms with Crippen LogP contribution in [0, 0.1) is 0 Å². The van der Waals surface area contributed by atoms with E-state index in [0.717, 1.165) is 11.8 Å². The average molecular weight is 329 g/mol. The number of sulfonamides is 1. The molecule has 1 rings (SSSR count). The highest BCUT2D eigenvalue weighted by molar-refractivity contribution is 7.88.